The number of aliphatic carboxylic acids is 1. The predicted octanol–water partition coefficient (Wildman–Crippen LogP) is 5.74. The summed E-state index contributed by atoms with van der Waals surface area (Å²) < 4.78 is 0. The third-order valence-corrected chi connectivity index (χ3v) is 5.08. The molecule has 35 heavy (non-hydrogen) atoms. The number of nitrogens with one attached hydrogen (secondary N) is 2. The normalized spacial score (nSPS) is 10.4. The van der Waals surface area contributed by atoms with Gasteiger partial charge in [0.15, 0.2) is 0 Å². The molecule has 7 heteroatoms. The van der Waals surface area contributed by atoms with Crippen molar-refractivity contribution in [2.24, 2.45) is 5.41 Å². The number of aromatic nitrogens is 2. The molecule has 2 heterocycles. The summed E-state index contributed by atoms with van der Waals surface area (Å²) >= 11 is 0. The fourth-order valence-corrected chi connectivity index (χ4v) is 3.30. The molecule has 0 saturated heterocycles. The molecular weight excluding hydrogens is 637 g/mol. The van der Waals surface area contributed by atoms with Crippen molar-refractivity contribution < 1.29 is 9.90 Å². The quantitative estimate of drug-likeness (QED) is 0.186. The Morgan fingerprint density at radius 2 is 1.17 bits per heavy atom. The largest absolute Gasteiger partial charge is 0.481 e. The topological polar surface area (TPSA) is 103 Å². The van der Waals surface area contributed by atoms with E-state index in [-0.39, 0.29) is 37.3 Å². The number of fused-ring (bicyclic) bond motifs is 2. The maximum Gasteiger partial charge on any atom is 0.303 e. The Labute approximate surface area is 224 Å². The Bertz CT molecular complexity index is 1220. The van der Waals surface area contributed by atoms with Gasteiger partial charge in [-0.05, 0) is 53.3 Å². The molecule has 6 nitrogen and oxygen atoms in total. The van der Waals surface area contributed by atoms with Gasteiger partial charge in [-0.15, -0.1) is 0 Å². The van der Waals surface area contributed by atoms with Crippen LogP contribution in [0.4, 0.5) is 0 Å². The summed E-state index contributed by atoms with van der Waals surface area (Å²) in [5, 5.41) is 10.5. The first-order valence-corrected chi connectivity index (χ1v) is 11.5. The van der Waals surface area contributed by atoms with Crippen molar-refractivity contribution in [3.8, 4) is 0 Å². The zero-order valence-electron chi connectivity index (χ0n) is 20.6. The summed E-state index contributed by atoms with van der Waals surface area (Å²) in [7, 11) is 0. The Kier molecular flexibility index (Phi) is 13.2. The van der Waals surface area contributed by atoms with Gasteiger partial charge in [0, 0.05) is 55.8 Å². The van der Waals surface area contributed by atoms with Crippen LogP contribution in [0.15, 0.2) is 82.4 Å². The maximum atomic E-state index is 10.8. The second-order valence-electron chi connectivity index (χ2n) is 9.33. The van der Waals surface area contributed by atoms with Crippen LogP contribution in [0, 0.1) is 5.41 Å². The number of benzene rings is 2. The predicted molar refractivity (Wildman–Crippen MR) is 145 cm³/mol. The molecule has 0 fully saturated rings. The maximum absolute atomic E-state index is 10.8. The van der Waals surface area contributed by atoms with Gasteiger partial charge in [0.2, 0.25) is 11.1 Å². The minimum absolute atomic E-state index is 0. The van der Waals surface area contributed by atoms with Crippen molar-refractivity contribution in [2.75, 3.05) is 0 Å². The molecule has 0 aliphatic rings. The van der Waals surface area contributed by atoms with Crippen molar-refractivity contribution >= 4 is 54.0 Å². The molecule has 4 rings (SSSR count). The Hall–Kier alpha value is -2.79. The van der Waals surface area contributed by atoms with Crippen LogP contribution < -0.4 is 11.1 Å². The van der Waals surface area contributed by atoms with E-state index in [1.807, 2.05) is 60.7 Å². The number of rotatable bonds is 5. The van der Waals surface area contributed by atoms with E-state index >= 15 is 0 Å². The first-order valence-electron chi connectivity index (χ1n) is 11.5. The zero-order chi connectivity index (χ0) is 25.0. The molecule has 2 aromatic heterocycles. The number of carboxylic acid groups (broad SMARTS) is 1. The van der Waals surface area contributed by atoms with E-state index < -0.39 is 5.97 Å². The van der Waals surface area contributed by atoms with E-state index in [0.717, 1.165) is 41.1 Å². The summed E-state index contributed by atoms with van der Waals surface area (Å²) in [5.74, 6) is -0.675. The number of H-pyrrole nitrogens is 2. The molecule has 4 aromatic rings. The van der Waals surface area contributed by atoms with Gasteiger partial charge in [0.25, 0.3) is 0 Å². The number of carbonyl (C=O) groups is 1. The van der Waals surface area contributed by atoms with Crippen LogP contribution in [0.3, 0.4) is 0 Å². The standard InChI is InChI=1S/C10H20O2.2C9H7NO.Bi/c1-10(2,3)8-6-4-5-7-9(11)12;2*11-9-6-5-7-3-1-2-4-8(7)10-9;/h4-8H2,1-3H3,(H,11,12);2*1-6H,(H,10,11);. The van der Waals surface area contributed by atoms with Crippen LogP contribution in [-0.2, 0) is 4.79 Å². The SMILES string of the molecule is CC(C)(C)CCCCCC(=O)O.O=c1ccc2ccccc2[nH]1.O=c1ccc2ccccc2[nH]1.[Bi]. The number of aromatic amines is 2. The Morgan fingerprint density at radius 3 is 1.60 bits per heavy atom. The number of pyridine rings is 2. The number of hydrogen-bond donors (Lipinski definition) is 3. The van der Waals surface area contributed by atoms with Crippen LogP contribution in [0.25, 0.3) is 21.8 Å². The third-order valence-electron chi connectivity index (χ3n) is 5.08. The zero-order valence-corrected chi connectivity index (χ0v) is 24.1. The summed E-state index contributed by atoms with van der Waals surface area (Å²) in [6.45, 7) is 6.64. The molecule has 0 atom stereocenters. The first kappa shape index (κ1) is 30.2. The van der Waals surface area contributed by atoms with Crippen molar-refractivity contribution in [3.05, 3.63) is 93.5 Å². The van der Waals surface area contributed by atoms with Crippen LogP contribution in [0.1, 0.15) is 52.9 Å². The molecule has 0 unspecified atom stereocenters. The summed E-state index contributed by atoms with van der Waals surface area (Å²) in [6, 6.07) is 22.1. The summed E-state index contributed by atoms with van der Waals surface area (Å²) in [5.41, 5.74) is 2.07. The van der Waals surface area contributed by atoms with E-state index in [0.29, 0.717) is 11.8 Å². The van der Waals surface area contributed by atoms with Crippen LogP contribution in [-0.4, -0.2) is 47.2 Å². The van der Waals surface area contributed by atoms with Crippen molar-refractivity contribution in [3.63, 3.8) is 0 Å². The van der Waals surface area contributed by atoms with Crippen molar-refractivity contribution in [2.45, 2.75) is 52.9 Å². The smallest absolute Gasteiger partial charge is 0.303 e. The molecule has 0 spiro atoms. The van der Waals surface area contributed by atoms with E-state index in [9.17, 15) is 14.4 Å². The third kappa shape index (κ3) is 12.5. The molecular formula is C28H34BiN2O4. The minimum Gasteiger partial charge on any atom is -0.481 e. The number of carboxylic acids is 1. The molecule has 0 aliphatic heterocycles. The average molecular weight is 672 g/mol. The van der Waals surface area contributed by atoms with E-state index in [1.165, 1.54) is 18.6 Å². The van der Waals surface area contributed by atoms with E-state index in [1.54, 1.807) is 0 Å². The van der Waals surface area contributed by atoms with Crippen molar-refractivity contribution in [1.29, 1.82) is 0 Å². The van der Waals surface area contributed by atoms with Gasteiger partial charge in [0.1, 0.15) is 0 Å². The monoisotopic (exact) mass is 671 g/mol. The Balaban J connectivity index is 0.000000259. The molecule has 0 bridgehead atoms. The van der Waals surface area contributed by atoms with E-state index in [2.05, 4.69) is 30.7 Å². The summed E-state index contributed by atoms with van der Waals surface area (Å²) in [6.07, 6.45) is 4.53. The second-order valence-corrected chi connectivity index (χ2v) is 9.33. The minimum atomic E-state index is -0.675. The molecule has 0 saturated carbocycles. The van der Waals surface area contributed by atoms with Gasteiger partial charge in [-0.2, -0.15) is 0 Å². The number of unbranched alkanes of at least 4 members (excludes halogenated alkanes) is 2. The van der Waals surface area contributed by atoms with Gasteiger partial charge in [-0.25, -0.2) is 0 Å². The van der Waals surface area contributed by atoms with Crippen LogP contribution in [0.5, 0.6) is 0 Å². The molecule has 0 amide bonds. The van der Waals surface area contributed by atoms with E-state index in [4.69, 9.17) is 5.11 Å². The van der Waals surface area contributed by atoms with Crippen molar-refractivity contribution in [1.82, 2.24) is 9.97 Å². The van der Waals surface area contributed by atoms with Crippen LogP contribution in [0.2, 0.25) is 0 Å². The summed E-state index contributed by atoms with van der Waals surface area (Å²) in [4.78, 5) is 37.3. The van der Waals surface area contributed by atoms with Gasteiger partial charge < -0.3 is 15.1 Å². The van der Waals surface area contributed by atoms with Gasteiger partial charge in [-0.3, -0.25) is 14.4 Å². The second kappa shape index (κ2) is 15.3. The number of hydrogen-bond acceptors (Lipinski definition) is 3. The molecule has 3 radical (unpaired) electrons. The Morgan fingerprint density at radius 1 is 0.714 bits per heavy atom. The molecule has 3 N–H and O–H groups in total. The van der Waals surface area contributed by atoms with Crippen LogP contribution >= 0.6 is 0 Å². The molecule has 185 valence electrons. The molecule has 0 aliphatic carbocycles. The molecule has 2 aromatic carbocycles. The number of para-hydroxylation sites is 2. The van der Waals surface area contributed by atoms with Gasteiger partial charge in [-0.1, -0.05) is 70.0 Å². The van der Waals surface area contributed by atoms with Gasteiger partial charge in [0.05, 0.1) is 0 Å². The fraction of sp³-hybridized carbons (Fsp3) is 0.321. The van der Waals surface area contributed by atoms with Gasteiger partial charge >= 0.3 is 5.97 Å². The first-order chi connectivity index (χ1) is 16.1. The average Bonchev–Trinajstić information content (AvgIpc) is 2.78. The fourth-order valence-electron chi connectivity index (χ4n) is 3.30.